The number of fused-ring (bicyclic) bond motifs is 1. The fourth-order valence-electron chi connectivity index (χ4n) is 4.56. The lowest BCUT2D eigenvalue weighted by atomic mass is 10.1. The van der Waals surface area contributed by atoms with Gasteiger partial charge in [-0.25, -0.2) is 12.8 Å². The van der Waals surface area contributed by atoms with Gasteiger partial charge in [-0.3, -0.25) is 13.9 Å². The molecule has 1 aliphatic heterocycles. The summed E-state index contributed by atoms with van der Waals surface area (Å²) in [6.45, 7) is 6.18. The second kappa shape index (κ2) is 13.7. The molecule has 224 valence electrons. The zero-order chi connectivity index (χ0) is 30.3. The van der Waals surface area contributed by atoms with Gasteiger partial charge in [-0.15, -0.1) is 0 Å². The largest absolute Gasteiger partial charge is 0.486 e. The van der Waals surface area contributed by atoms with E-state index >= 15 is 0 Å². The minimum Gasteiger partial charge on any atom is -0.486 e. The van der Waals surface area contributed by atoms with Gasteiger partial charge in [0.05, 0.1) is 10.6 Å². The molecule has 0 bridgehead atoms. The fraction of sp³-hybridized carbons (Fsp3) is 0.355. The van der Waals surface area contributed by atoms with Crippen LogP contribution in [-0.4, -0.2) is 57.5 Å². The molecule has 0 radical (unpaired) electrons. The van der Waals surface area contributed by atoms with E-state index in [9.17, 15) is 22.4 Å². The summed E-state index contributed by atoms with van der Waals surface area (Å²) in [7, 11) is -4.22. The summed E-state index contributed by atoms with van der Waals surface area (Å²) >= 11 is 0. The van der Waals surface area contributed by atoms with Gasteiger partial charge in [-0.1, -0.05) is 51.1 Å². The highest BCUT2D eigenvalue weighted by Crippen LogP contribution is 2.36. The number of carbonyl (C=O) groups excluding carboxylic acids is 2. The summed E-state index contributed by atoms with van der Waals surface area (Å²) < 4.78 is 53.9. The highest BCUT2D eigenvalue weighted by molar-refractivity contribution is 7.92. The normalized spacial score (nSPS) is 13.4. The molecule has 0 aliphatic carbocycles. The third kappa shape index (κ3) is 7.39. The van der Waals surface area contributed by atoms with Crippen LogP contribution < -0.4 is 19.1 Å². The van der Waals surface area contributed by atoms with Crippen LogP contribution in [0.3, 0.4) is 0 Å². The highest BCUT2D eigenvalue weighted by atomic mass is 32.2. The van der Waals surface area contributed by atoms with Crippen molar-refractivity contribution < 1.29 is 31.9 Å². The average molecular weight is 598 g/mol. The average Bonchev–Trinajstić information content (AvgIpc) is 2.99. The van der Waals surface area contributed by atoms with Crippen molar-refractivity contribution in [1.29, 1.82) is 0 Å². The van der Waals surface area contributed by atoms with Crippen molar-refractivity contribution in [2.45, 2.75) is 44.7 Å². The Morgan fingerprint density at radius 3 is 2.26 bits per heavy atom. The molecule has 1 N–H and O–H groups in total. The summed E-state index contributed by atoms with van der Waals surface area (Å²) in [5.74, 6) is -0.355. The van der Waals surface area contributed by atoms with E-state index in [1.54, 1.807) is 37.3 Å². The molecule has 4 rings (SSSR count). The number of anilines is 1. The Bertz CT molecular complexity index is 1480. The Morgan fingerprint density at radius 1 is 0.952 bits per heavy atom. The quantitative estimate of drug-likeness (QED) is 0.333. The maximum absolute atomic E-state index is 14.1. The third-order valence-corrected chi connectivity index (χ3v) is 8.55. The van der Waals surface area contributed by atoms with Crippen LogP contribution in [0.4, 0.5) is 10.1 Å². The molecule has 0 fully saturated rings. The van der Waals surface area contributed by atoms with Crippen molar-refractivity contribution in [2.24, 2.45) is 5.92 Å². The van der Waals surface area contributed by atoms with E-state index in [0.29, 0.717) is 36.8 Å². The van der Waals surface area contributed by atoms with Gasteiger partial charge in [0, 0.05) is 19.2 Å². The molecule has 2 amide bonds. The molecule has 1 heterocycles. The molecule has 0 spiro atoms. The number of nitrogens with zero attached hydrogens (tertiary/aromatic N) is 2. The molecule has 0 unspecified atom stereocenters. The van der Waals surface area contributed by atoms with E-state index in [-0.39, 0.29) is 35.4 Å². The molecule has 11 heteroatoms. The molecule has 3 aromatic carbocycles. The molecular formula is C31H36FN3O6S. The van der Waals surface area contributed by atoms with Gasteiger partial charge in [-0.05, 0) is 54.3 Å². The number of rotatable bonds is 12. The Balaban J connectivity index is 1.73. The van der Waals surface area contributed by atoms with Gasteiger partial charge in [0.1, 0.15) is 31.6 Å². The van der Waals surface area contributed by atoms with E-state index < -0.39 is 34.3 Å². The van der Waals surface area contributed by atoms with Gasteiger partial charge in [0.15, 0.2) is 11.5 Å². The summed E-state index contributed by atoms with van der Waals surface area (Å²) in [5, 5.41) is 2.88. The summed E-state index contributed by atoms with van der Waals surface area (Å²) in [6, 6.07) is 17.2. The lowest BCUT2D eigenvalue weighted by Gasteiger charge is -2.33. The maximum Gasteiger partial charge on any atom is 0.264 e. The summed E-state index contributed by atoms with van der Waals surface area (Å²) in [6.07, 6.45) is 0.284. The van der Waals surface area contributed by atoms with Crippen molar-refractivity contribution in [2.75, 3.05) is 30.6 Å². The molecule has 0 saturated carbocycles. The number of hydrogen-bond donors (Lipinski definition) is 1. The van der Waals surface area contributed by atoms with Crippen molar-refractivity contribution >= 4 is 27.5 Å². The van der Waals surface area contributed by atoms with E-state index in [4.69, 9.17) is 9.47 Å². The summed E-state index contributed by atoms with van der Waals surface area (Å²) in [4.78, 5) is 28.7. The SMILES string of the molecule is CC[C@@H](C(=O)NCC(C)C)N(Cc1ccc(F)cc1)C(=O)CN(c1ccc2c(c1)OCCO2)S(=O)(=O)c1ccccc1. The predicted molar refractivity (Wildman–Crippen MR) is 157 cm³/mol. The number of hydrogen-bond acceptors (Lipinski definition) is 6. The molecule has 1 aliphatic rings. The highest BCUT2D eigenvalue weighted by Gasteiger charge is 2.34. The lowest BCUT2D eigenvalue weighted by molar-refractivity contribution is -0.140. The molecule has 9 nitrogen and oxygen atoms in total. The first-order valence-electron chi connectivity index (χ1n) is 13.9. The maximum atomic E-state index is 14.1. The van der Waals surface area contributed by atoms with E-state index in [1.165, 1.54) is 47.4 Å². The van der Waals surface area contributed by atoms with Crippen LogP contribution in [0.25, 0.3) is 0 Å². The third-order valence-electron chi connectivity index (χ3n) is 6.76. The number of sulfonamides is 1. The van der Waals surface area contributed by atoms with Crippen LogP contribution in [0.1, 0.15) is 32.8 Å². The van der Waals surface area contributed by atoms with Crippen molar-refractivity contribution in [3.8, 4) is 11.5 Å². The predicted octanol–water partition coefficient (Wildman–Crippen LogP) is 4.37. The first-order chi connectivity index (χ1) is 20.1. The molecule has 3 aromatic rings. The molecule has 42 heavy (non-hydrogen) atoms. The zero-order valence-electron chi connectivity index (χ0n) is 24.0. The standard InChI is InChI=1S/C31H36FN3O6S/c1-4-27(31(37)33-19-22(2)3)34(20-23-10-12-24(32)13-11-23)30(36)21-35(42(38,39)26-8-6-5-7-9-26)25-14-15-28-29(18-25)41-17-16-40-28/h5-15,18,22,27H,4,16-17,19-21H2,1-3H3,(H,33,37)/t27-/m0/s1. The van der Waals surface area contributed by atoms with Gasteiger partial charge in [-0.2, -0.15) is 0 Å². The first-order valence-corrected chi connectivity index (χ1v) is 15.3. The molecule has 1 atom stereocenters. The van der Waals surface area contributed by atoms with Gasteiger partial charge in [0.25, 0.3) is 10.0 Å². The first kappa shape index (κ1) is 30.8. The lowest BCUT2D eigenvalue weighted by Crippen LogP contribution is -2.52. The minimum absolute atomic E-state index is 0.000471. The smallest absolute Gasteiger partial charge is 0.264 e. The number of halogens is 1. The number of nitrogens with one attached hydrogen (secondary N) is 1. The Labute approximate surface area is 246 Å². The van der Waals surface area contributed by atoms with Crippen molar-refractivity contribution in [3.05, 3.63) is 84.2 Å². The Kier molecular flexibility index (Phi) is 10.1. The Morgan fingerprint density at radius 2 is 1.62 bits per heavy atom. The van der Waals surface area contributed by atoms with Crippen LogP contribution in [0.5, 0.6) is 11.5 Å². The van der Waals surface area contributed by atoms with Crippen molar-refractivity contribution in [3.63, 3.8) is 0 Å². The second-order valence-corrected chi connectivity index (χ2v) is 12.2. The topological polar surface area (TPSA) is 105 Å². The van der Waals surface area contributed by atoms with Crippen LogP contribution in [0.2, 0.25) is 0 Å². The zero-order valence-corrected chi connectivity index (χ0v) is 24.8. The van der Waals surface area contributed by atoms with Crippen LogP contribution >= 0.6 is 0 Å². The minimum atomic E-state index is -4.22. The number of ether oxygens (including phenoxy) is 2. The monoisotopic (exact) mass is 597 g/mol. The van der Waals surface area contributed by atoms with Crippen LogP contribution in [-0.2, 0) is 26.2 Å². The molecular weight excluding hydrogens is 561 g/mol. The van der Waals surface area contributed by atoms with Crippen molar-refractivity contribution in [1.82, 2.24) is 10.2 Å². The van der Waals surface area contributed by atoms with E-state index in [1.807, 2.05) is 13.8 Å². The summed E-state index contributed by atoms with van der Waals surface area (Å²) in [5.41, 5.74) is 0.798. The van der Waals surface area contributed by atoms with Gasteiger partial charge in [0.2, 0.25) is 11.8 Å². The van der Waals surface area contributed by atoms with Gasteiger partial charge >= 0.3 is 0 Å². The number of carbonyl (C=O) groups is 2. The van der Waals surface area contributed by atoms with Crippen LogP contribution in [0.15, 0.2) is 77.7 Å². The van der Waals surface area contributed by atoms with Crippen LogP contribution in [0, 0.1) is 11.7 Å². The molecule has 0 saturated heterocycles. The Hall–Kier alpha value is -4.12. The van der Waals surface area contributed by atoms with Gasteiger partial charge < -0.3 is 19.7 Å². The fourth-order valence-corrected chi connectivity index (χ4v) is 5.99. The van der Waals surface area contributed by atoms with E-state index in [2.05, 4.69) is 5.32 Å². The second-order valence-electron chi connectivity index (χ2n) is 10.4. The number of benzene rings is 3. The number of amides is 2. The van der Waals surface area contributed by atoms with E-state index in [0.717, 1.165) is 4.31 Å². The molecule has 0 aromatic heterocycles.